The molecule has 7 heteroatoms. The Hall–Kier alpha value is -2.93. The van der Waals surface area contributed by atoms with Gasteiger partial charge in [-0.05, 0) is 31.4 Å². The summed E-state index contributed by atoms with van der Waals surface area (Å²) in [4.78, 5) is 20.9. The molecule has 3 N–H and O–H groups in total. The SMILES string of the molecule is O=C(NC1CC1)c1ccc(-c2cnc3c(NCCCO)nccn23)cc1. The van der Waals surface area contributed by atoms with Crippen molar-refractivity contribution in [2.75, 3.05) is 18.5 Å². The van der Waals surface area contributed by atoms with E-state index in [0.717, 1.165) is 29.7 Å². The molecule has 1 saturated carbocycles. The number of imidazole rings is 1. The molecule has 0 bridgehead atoms. The Bertz CT molecular complexity index is 915. The molecule has 1 amide bonds. The number of nitrogens with one attached hydrogen (secondary N) is 2. The van der Waals surface area contributed by atoms with Crippen LogP contribution in [0.25, 0.3) is 16.9 Å². The summed E-state index contributed by atoms with van der Waals surface area (Å²) < 4.78 is 1.97. The van der Waals surface area contributed by atoms with Crippen molar-refractivity contribution in [2.24, 2.45) is 0 Å². The van der Waals surface area contributed by atoms with Crippen molar-refractivity contribution in [3.8, 4) is 11.3 Å². The fourth-order valence-electron chi connectivity index (χ4n) is 2.83. The van der Waals surface area contributed by atoms with Crippen molar-refractivity contribution >= 4 is 17.4 Å². The van der Waals surface area contributed by atoms with Crippen LogP contribution in [0, 0.1) is 0 Å². The lowest BCUT2D eigenvalue weighted by atomic mass is 10.1. The largest absolute Gasteiger partial charge is 0.396 e. The van der Waals surface area contributed by atoms with Crippen LogP contribution in [0.1, 0.15) is 29.6 Å². The highest BCUT2D eigenvalue weighted by Gasteiger charge is 2.23. The number of aliphatic hydroxyl groups is 1. The molecule has 3 aromatic rings. The molecular formula is C19H21N5O2. The number of rotatable bonds is 7. The molecule has 1 aromatic carbocycles. The lowest BCUT2D eigenvalue weighted by Crippen LogP contribution is -2.25. The summed E-state index contributed by atoms with van der Waals surface area (Å²) in [6.07, 6.45) is 8.19. The normalized spacial score (nSPS) is 13.7. The first-order valence-electron chi connectivity index (χ1n) is 8.84. The number of amides is 1. The van der Waals surface area contributed by atoms with Gasteiger partial charge in [-0.1, -0.05) is 12.1 Å². The van der Waals surface area contributed by atoms with Crippen LogP contribution in [0.15, 0.2) is 42.9 Å². The lowest BCUT2D eigenvalue weighted by Gasteiger charge is -2.08. The molecule has 7 nitrogen and oxygen atoms in total. The highest BCUT2D eigenvalue weighted by atomic mass is 16.3. The van der Waals surface area contributed by atoms with Gasteiger partial charge in [0.1, 0.15) is 0 Å². The minimum atomic E-state index is -0.0169. The molecule has 0 unspecified atom stereocenters. The third-order valence-corrected chi connectivity index (χ3v) is 4.41. The van der Waals surface area contributed by atoms with Gasteiger partial charge in [0, 0.05) is 42.7 Å². The third-order valence-electron chi connectivity index (χ3n) is 4.41. The maximum atomic E-state index is 12.1. The highest BCUT2D eigenvalue weighted by molar-refractivity contribution is 5.95. The molecule has 4 rings (SSSR count). The van der Waals surface area contributed by atoms with Crippen molar-refractivity contribution < 1.29 is 9.90 Å². The van der Waals surface area contributed by atoms with Crippen molar-refractivity contribution in [3.63, 3.8) is 0 Å². The maximum absolute atomic E-state index is 12.1. The summed E-state index contributed by atoms with van der Waals surface area (Å²) in [7, 11) is 0. The van der Waals surface area contributed by atoms with Crippen LogP contribution in [-0.4, -0.2) is 44.6 Å². The molecule has 1 fully saturated rings. The number of fused-ring (bicyclic) bond motifs is 1. The van der Waals surface area contributed by atoms with Crippen LogP contribution in [0.3, 0.4) is 0 Å². The van der Waals surface area contributed by atoms with Crippen molar-refractivity contribution in [2.45, 2.75) is 25.3 Å². The lowest BCUT2D eigenvalue weighted by molar-refractivity contribution is 0.0951. The summed E-state index contributed by atoms with van der Waals surface area (Å²) in [5, 5.41) is 15.1. The van der Waals surface area contributed by atoms with Gasteiger partial charge in [-0.3, -0.25) is 9.20 Å². The number of aromatic nitrogens is 3. The summed E-state index contributed by atoms with van der Waals surface area (Å²) in [5.74, 6) is 0.671. The zero-order chi connectivity index (χ0) is 17.9. The van der Waals surface area contributed by atoms with Gasteiger partial charge in [-0.25, -0.2) is 9.97 Å². The number of carbonyl (C=O) groups is 1. The van der Waals surface area contributed by atoms with E-state index < -0.39 is 0 Å². The molecule has 1 aliphatic rings. The minimum absolute atomic E-state index is 0.0169. The molecule has 2 heterocycles. The van der Waals surface area contributed by atoms with Gasteiger partial charge in [0.25, 0.3) is 5.91 Å². The first kappa shape index (κ1) is 16.5. The maximum Gasteiger partial charge on any atom is 0.251 e. The molecular weight excluding hydrogens is 330 g/mol. The Kier molecular flexibility index (Phi) is 4.53. The second-order valence-electron chi connectivity index (χ2n) is 6.44. The Morgan fingerprint density at radius 3 is 2.77 bits per heavy atom. The van der Waals surface area contributed by atoms with Gasteiger partial charge in [-0.15, -0.1) is 0 Å². The summed E-state index contributed by atoms with van der Waals surface area (Å²) in [5.41, 5.74) is 3.31. The first-order chi connectivity index (χ1) is 12.8. The molecule has 134 valence electrons. The van der Waals surface area contributed by atoms with E-state index in [1.165, 1.54) is 0 Å². The number of benzene rings is 1. The van der Waals surface area contributed by atoms with Gasteiger partial charge in [0.05, 0.1) is 11.9 Å². The second-order valence-corrected chi connectivity index (χ2v) is 6.44. The van der Waals surface area contributed by atoms with E-state index in [1.54, 1.807) is 12.4 Å². The van der Waals surface area contributed by atoms with Crippen molar-refractivity contribution in [3.05, 3.63) is 48.4 Å². The first-order valence-corrected chi connectivity index (χ1v) is 8.84. The minimum Gasteiger partial charge on any atom is -0.396 e. The van der Waals surface area contributed by atoms with Crippen molar-refractivity contribution in [1.29, 1.82) is 0 Å². The topological polar surface area (TPSA) is 91.5 Å². The van der Waals surface area contributed by atoms with E-state index in [-0.39, 0.29) is 12.5 Å². The van der Waals surface area contributed by atoms with Gasteiger partial charge < -0.3 is 15.7 Å². The predicted molar refractivity (Wildman–Crippen MR) is 99.1 cm³/mol. The molecule has 0 aliphatic heterocycles. The van der Waals surface area contributed by atoms with Gasteiger partial charge in [0.2, 0.25) is 0 Å². The Labute approximate surface area is 151 Å². The summed E-state index contributed by atoms with van der Waals surface area (Å²) >= 11 is 0. The second kappa shape index (κ2) is 7.13. The van der Waals surface area contributed by atoms with Gasteiger partial charge >= 0.3 is 0 Å². The Morgan fingerprint density at radius 1 is 1.23 bits per heavy atom. The van der Waals surface area contributed by atoms with Gasteiger partial charge in [0.15, 0.2) is 11.5 Å². The van der Waals surface area contributed by atoms with Crippen LogP contribution >= 0.6 is 0 Å². The van der Waals surface area contributed by atoms with E-state index in [0.29, 0.717) is 30.4 Å². The number of hydrogen-bond acceptors (Lipinski definition) is 5. The predicted octanol–water partition coefficient (Wildman–Crippen LogP) is 2.08. The fourth-order valence-corrected chi connectivity index (χ4v) is 2.83. The van der Waals surface area contributed by atoms with E-state index >= 15 is 0 Å². The van der Waals surface area contributed by atoms with E-state index in [1.807, 2.05) is 34.9 Å². The van der Waals surface area contributed by atoms with E-state index in [2.05, 4.69) is 20.6 Å². The molecule has 0 radical (unpaired) electrons. The average molecular weight is 351 g/mol. The van der Waals surface area contributed by atoms with Crippen LogP contribution in [-0.2, 0) is 0 Å². The summed E-state index contributed by atoms with van der Waals surface area (Å²) in [6, 6.07) is 7.90. The monoisotopic (exact) mass is 351 g/mol. The number of carbonyl (C=O) groups excluding carboxylic acids is 1. The standard InChI is InChI=1S/C19H21N5O2/c25-11-1-8-20-17-18-22-12-16(24(18)10-9-21-17)13-2-4-14(5-3-13)19(26)23-15-6-7-15/h2-5,9-10,12,15,25H,1,6-8,11H2,(H,20,21)(H,23,26). The van der Waals surface area contributed by atoms with Crippen molar-refractivity contribution in [1.82, 2.24) is 19.7 Å². The zero-order valence-electron chi connectivity index (χ0n) is 14.4. The van der Waals surface area contributed by atoms with E-state index in [4.69, 9.17) is 5.11 Å². The van der Waals surface area contributed by atoms with Crippen LogP contribution < -0.4 is 10.6 Å². The van der Waals surface area contributed by atoms with Crippen LogP contribution in [0.4, 0.5) is 5.82 Å². The number of hydrogen-bond donors (Lipinski definition) is 3. The molecule has 0 spiro atoms. The molecule has 2 aromatic heterocycles. The third kappa shape index (κ3) is 3.39. The number of aliphatic hydroxyl groups excluding tert-OH is 1. The van der Waals surface area contributed by atoms with E-state index in [9.17, 15) is 4.79 Å². The molecule has 26 heavy (non-hydrogen) atoms. The number of anilines is 1. The van der Waals surface area contributed by atoms with Crippen LogP contribution in [0.2, 0.25) is 0 Å². The fraction of sp³-hybridized carbons (Fsp3) is 0.316. The Balaban J connectivity index is 1.58. The smallest absolute Gasteiger partial charge is 0.251 e. The number of nitrogens with zero attached hydrogens (tertiary/aromatic N) is 3. The van der Waals surface area contributed by atoms with Crippen LogP contribution in [0.5, 0.6) is 0 Å². The molecule has 0 atom stereocenters. The highest BCUT2D eigenvalue weighted by Crippen LogP contribution is 2.24. The molecule has 1 aliphatic carbocycles. The average Bonchev–Trinajstić information content (AvgIpc) is 3.37. The summed E-state index contributed by atoms with van der Waals surface area (Å²) in [6.45, 7) is 0.770. The quantitative estimate of drug-likeness (QED) is 0.567. The van der Waals surface area contributed by atoms with Gasteiger partial charge in [-0.2, -0.15) is 0 Å². The Morgan fingerprint density at radius 2 is 2.04 bits per heavy atom. The zero-order valence-corrected chi connectivity index (χ0v) is 14.4. The molecule has 0 saturated heterocycles.